The van der Waals surface area contributed by atoms with Gasteiger partial charge < -0.3 is 4.57 Å². The fraction of sp³-hybridized carbons (Fsp3) is 0.160. The largest absolute Gasteiger partial charge is 0.326 e. The van der Waals surface area contributed by atoms with Gasteiger partial charge in [0.25, 0.3) is 0 Å². The maximum absolute atomic E-state index is 4.40. The summed E-state index contributed by atoms with van der Waals surface area (Å²) in [5.74, 6) is 0. The Morgan fingerprint density at radius 1 is 0.857 bits per heavy atom. The van der Waals surface area contributed by atoms with Crippen LogP contribution in [0.15, 0.2) is 104 Å². The van der Waals surface area contributed by atoms with E-state index in [-0.39, 0.29) is 5.16 Å². The molecule has 2 nitrogen and oxygen atoms in total. The van der Waals surface area contributed by atoms with Crippen LogP contribution in [-0.4, -0.2) is 19.1 Å². The first-order chi connectivity index (χ1) is 13.8. The van der Waals surface area contributed by atoms with E-state index in [0.29, 0.717) is 9.52 Å². The zero-order valence-corrected chi connectivity index (χ0v) is 17.1. The van der Waals surface area contributed by atoms with E-state index in [0.717, 1.165) is 12.8 Å². The normalized spacial score (nSPS) is 11.5. The Morgan fingerprint density at radius 3 is 2.11 bits per heavy atom. The molecule has 0 aliphatic carbocycles. The zero-order chi connectivity index (χ0) is 19.2. The molecule has 0 spiro atoms. The summed E-state index contributed by atoms with van der Waals surface area (Å²) in [6.45, 7) is 2.23. The molecule has 0 aliphatic rings. The van der Waals surface area contributed by atoms with Crippen LogP contribution in [0.4, 0.5) is 0 Å². The highest BCUT2D eigenvalue weighted by molar-refractivity contribution is 6.57. The van der Waals surface area contributed by atoms with Crippen LogP contribution in [0.5, 0.6) is 0 Å². The van der Waals surface area contributed by atoms with Crippen LogP contribution >= 0.6 is 0 Å². The van der Waals surface area contributed by atoms with Crippen LogP contribution in [-0.2, 0) is 11.6 Å². The molecule has 138 valence electrons. The number of nitrogens with zero attached hydrogens (tertiary/aromatic N) is 2. The van der Waals surface area contributed by atoms with E-state index < -0.39 is 0 Å². The third kappa shape index (κ3) is 3.58. The van der Waals surface area contributed by atoms with Gasteiger partial charge in [-0.25, -0.2) is 4.98 Å². The number of aromatic nitrogens is 2. The predicted octanol–water partition coefficient (Wildman–Crippen LogP) is 4.61. The summed E-state index contributed by atoms with van der Waals surface area (Å²) in [4.78, 5) is 4.40. The van der Waals surface area contributed by atoms with Crippen LogP contribution < -0.4 is 5.19 Å². The SMILES string of the molecule is CCCc1cccc([Si]C(c2ccccc2)(c2ccccc2)n2ccnc2)c1. The van der Waals surface area contributed by atoms with Crippen LogP contribution in [0.25, 0.3) is 0 Å². The van der Waals surface area contributed by atoms with E-state index >= 15 is 0 Å². The molecule has 0 bridgehead atoms. The Kier molecular flexibility index (Phi) is 5.54. The predicted molar refractivity (Wildman–Crippen MR) is 117 cm³/mol. The number of benzene rings is 3. The molecule has 0 amide bonds. The summed E-state index contributed by atoms with van der Waals surface area (Å²) in [7, 11) is 0.539. The van der Waals surface area contributed by atoms with Gasteiger partial charge in [0.1, 0.15) is 9.52 Å². The molecule has 1 aromatic heterocycles. The van der Waals surface area contributed by atoms with Gasteiger partial charge in [-0.15, -0.1) is 0 Å². The van der Waals surface area contributed by atoms with Crippen molar-refractivity contribution in [3.63, 3.8) is 0 Å². The maximum Gasteiger partial charge on any atom is 0.127 e. The molecule has 3 heteroatoms. The van der Waals surface area contributed by atoms with Crippen LogP contribution in [0.1, 0.15) is 30.0 Å². The molecule has 3 aromatic carbocycles. The second-order valence-electron chi connectivity index (χ2n) is 6.99. The van der Waals surface area contributed by atoms with E-state index in [1.165, 1.54) is 21.9 Å². The number of rotatable bonds is 7. The Hall–Kier alpha value is -2.91. The second-order valence-corrected chi connectivity index (χ2v) is 8.54. The first-order valence-electron chi connectivity index (χ1n) is 9.79. The fourth-order valence-electron chi connectivity index (χ4n) is 3.79. The van der Waals surface area contributed by atoms with Crippen molar-refractivity contribution < 1.29 is 0 Å². The van der Waals surface area contributed by atoms with Gasteiger partial charge >= 0.3 is 0 Å². The molecule has 0 N–H and O–H groups in total. The summed E-state index contributed by atoms with van der Waals surface area (Å²) in [5, 5.41) is 1.05. The molecule has 1 heterocycles. The van der Waals surface area contributed by atoms with Gasteiger partial charge in [0.05, 0.1) is 11.5 Å². The third-order valence-corrected chi connectivity index (χ3v) is 6.86. The number of imidazole rings is 1. The van der Waals surface area contributed by atoms with E-state index in [1.807, 2.05) is 12.5 Å². The molecule has 0 atom stereocenters. The van der Waals surface area contributed by atoms with Gasteiger partial charge in [-0.2, -0.15) is 0 Å². The van der Waals surface area contributed by atoms with E-state index in [1.54, 1.807) is 0 Å². The standard InChI is InChI=1S/C25H24N2Si/c1-2-10-21-11-9-16-24(19-21)28-25(27-18-17-26-20-27,22-12-5-3-6-13-22)23-14-7-4-8-15-23/h3-9,11-20H,2,10H2,1H3. The summed E-state index contributed by atoms with van der Waals surface area (Å²) in [5.41, 5.74) is 3.96. The summed E-state index contributed by atoms with van der Waals surface area (Å²) in [6.07, 6.45) is 8.19. The highest BCUT2D eigenvalue weighted by Gasteiger charge is 2.37. The number of hydrogen-bond donors (Lipinski definition) is 0. The van der Waals surface area contributed by atoms with Gasteiger partial charge in [-0.3, -0.25) is 0 Å². The van der Waals surface area contributed by atoms with Gasteiger partial charge in [0.2, 0.25) is 0 Å². The van der Waals surface area contributed by atoms with Crippen molar-refractivity contribution in [2.75, 3.05) is 0 Å². The van der Waals surface area contributed by atoms with E-state index in [4.69, 9.17) is 0 Å². The maximum atomic E-state index is 4.40. The highest BCUT2D eigenvalue weighted by atomic mass is 28.2. The average molecular weight is 381 g/mol. The Balaban J connectivity index is 1.92. The van der Waals surface area contributed by atoms with Crippen molar-refractivity contribution in [2.45, 2.75) is 24.9 Å². The molecule has 2 radical (unpaired) electrons. The summed E-state index contributed by atoms with van der Waals surface area (Å²) >= 11 is 0. The third-order valence-electron chi connectivity index (χ3n) is 5.07. The van der Waals surface area contributed by atoms with Crippen molar-refractivity contribution in [3.8, 4) is 0 Å². The van der Waals surface area contributed by atoms with E-state index in [2.05, 4.69) is 108 Å². The first kappa shape index (κ1) is 18.5. The molecule has 28 heavy (non-hydrogen) atoms. The number of hydrogen-bond acceptors (Lipinski definition) is 1. The Labute approximate surface area is 169 Å². The lowest BCUT2D eigenvalue weighted by Gasteiger charge is -2.36. The van der Waals surface area contributed by atoms with Crippen molar-refractivity contribution in [2.24, 2.45) is 0 Å². The highest BCUT2D eigenvalue weighted by Crippen LogP contribution is 2.33. The molecule has 0 saturated carbocycles. The zero-order valence-electron chi connectivity index (χ0n) is 16.1. The lowest BCUT2D eigenvalue weighted by atomic mass is 9.97. The lowest BCUT2D eigenvalue weighted by molar-refractivity contribution is 0.596. The average Bonchev–Trinajstić information content (AvgIpc) is 3.29. The molecule has 0 unspecified atom stereocenters. The van der Waals surface area contributed by atoms with Gasteiger partial charge in [0.15, 0.2) is 0 Å². The Morgan fingerprint density at radius 2 is 1.54 bits per heavy atom. The molecule has 4 rings (SSSR count). The van der Waals surface area contributed by atoms with Gasteiger partial charge in [-0.1, -0.05) is 103 Å². The molecule has 0 saturated heterocycles. The summed E-state index contributed by atoms with van der Waals surface area (Å²) < 4.78 is 2.27. The summed E-state index contributed by atoms with van der Waals surface area (Å²) in [6, 6.07) is 30.7. The topological polar surface area (TPSA) is 17.8 Å². The van der Waals surface area contributed by atoms with Crippen molar-refractivity contribution >= 4 is 14.7 Å². The Bertz CT molecular complexity index is 956. The molecule has 4 aromatic rings. The fourth-order valence-corrected chi connectivity index (χ4v) is 5.53. The smallest absolute Gasteiger partial charge is 0.127 e. The molecular weight excluding hydrogens is 356 g/mol. The number of aryl methyl sites for hydroxylation is 1. The molecule has 0 fully saturated rings. The monoisotopic (exact) mass is 380 g/mol. The van der Waals surface area contributed by atoms with Crippen LogP contribution in [0, 0.1) is 0 Å². The lowest BCUT2D eigenvalue weighted by Crippen LogP contribution is -2.46. The van der Waals surface area contributed by atoms with Crippen molar-refractivity contribution in [1.82, 2.24) is 9.55 Å². The van der Waals surface area contributed by atoms with Gasteiger partial charge in [-0.05, 0) is 23.1 Å². The van der Waals surface area contributed by atoms with Crippen LogP contribution in [0.2, 0.25) is 0 Å². The first-order valence-corrected chi connectivity index (χ1v) is 10.8. The molecule has 0 aliphatic heterocycles. The molecular formula is C25H24N2Si. The minimum Gasteiger partial charge on any atom is -0.326 e. The second kappa shape index (κ2) is 8.40. The van der Waals surface area contributed by atoms with Crippen LogP contribution in [0.3, 0.4) is 0 Å². The quantitative estimate of drug-likeness (QED) is 0.428. The minimum atomic E-state index is -0.316. The van der Waals surface area contributed by atoms with Crippen molar-refractivity contribution in [3.05, 3.63) is 120 Å². The van der Waals surface area contributed by atoms with Crippen molar-refractivity contribution in [1.29, 1.82) is 0 Å². The van der Waals surface area contributed by atoms with E-state index in [9.17, 15) is 0 Å². The van der Waals surface area contributed by atoms with Gasteiger partial charge in [0, 0.05) is 12.4 Å². The minimum absolute atomic E-state index is 0.316.